The Hall–Kier alpha value is -3.20. The summed E-state index contributed by atoms with van der Waals surface area (Å²) in [5.41, 5.74) is 2.23. The molecule has 30 heavy (non-hydrogen) atoms. The molecule has 0 amide bonds. The molecule has 0 aliphatic rings. The zero-order valence-electron chi connectivity index (χ0n) is 17.3. The highest BCUT2D eigenvalue weighted by Gasteiger charge is 2.19. The summed E-state index contributed by atoms with van der Waals surface area (Å²) < 4.78 is 18.3. The van der Waals surface area contributed by atoms with Crippen LogP contribution >= 0.6 is 11.8 Å². The number of aromatic nitrogens is 3. The summed E-state index contributed by atoms with van der Waals surface area (Å²) in [6.07, 6.45) is 0. The fourth-order valence-corrected chi connectivity index (χ4v) is 4.00. The number of ether oxygens (including phenoxy) is 3. The molecule has 9 heteroatoms. The number of hydrogen-bond acceptors (Lipinski definition) is 8. The van der Waals surface area contributed by atoms with Crippen molar-refractivity contribution in [2.24, 2.45) is 5.16 Å². The van der Waals surface area contributed by atoms with Crippen LogP contribution < -0.4 is 14.2 Å². The number of hydrogen-bond donors (Lipinski definition) is 1. The normalized spacial score (nSPS) is 11.4. The van der Waals surface area contributed by atoms with Gasteiger partial charge in [-0.3, -0.25) is 0 Å². The molecule has 0 saturated heterocycles. The van der Waals surface area contributed by atoms with Gasteiger partial charge in [-0.25, -0.2) is 0 Å². The van der Waals surface area contributed by atoms with E-state index in [4.69, 9.17) is 14.2 Å². The molecule has 3 rings (SSSR count). The van der Waals surface area contributed by atoms with Crippen LogP contribution in [0.4, 0.5) is 0 Å². The largest absolute Gasteiger partial charge is 0.493 e. The van der Waals surface area contributed by atoms with Crippen LogP contribution in [-0.2, 0) is 6.54 Å². The van der Waals surface area contributed by atoms with Crippen molar-refractivity contribution >= 4 is 17.5 Å². The molecule has 0 aliphatic carbocycles. The zero-order valence-corrected chi connectivity index (χ0v) is 18.1. The van der Waals surface area contributed by atoms with Crippen LogP contribution in [0, 0.1) is 0 Å². The van der Waals surface area contributed by atoms with Gasteiger partial charge in [-0.1, -0.05) is 47.2 Å². The van der Waals surface area contributed by atoms with Gasteiger partial charge in [0.2, 0.25) is 5.75 Å². The molecule has 0 unspecified atom stereocenters. The Bertz CT molecular complexity index is 996. The van der Waals surface area contributed by atoms with Gasteiger partial charge in [0.05, 0.1) is 27.0 Å². The van der Waals surface area contributed by atoms with Gasteiger partial charge in [-0.2, -0.15) is 0 Å². The first-order valence-electron chi connectivity index (χ1n) is 9.29. The maximum atomic E-state index is 9.42. The monoisotopic (exact) mass is 428 g/mol. The molecule has 158 valence electrons. The topological polar surface area (TPSA) is 91.0 Å². The van der Waals surface area contributed by atoms with Crippen LogP contribution in [0.15, 0.2) is 52.8 Å². The van der Waals surface area contributed by atoms with Crippen molar-refractivity contribution in [3.63, 3.8) is 0 Å². The molecule has 1 heterocycles. The van der Waals surface area contributed by atoms with Crippen LogP contribution in [0.25, 0.3) is 11.4 Å². The third-order valence-corrected chi connectivity index (χ3v) is 5.50. The molecule has 2 aromatic carbocycles. The molecule has 1 aromatic heterocycles. The fourth-order valence-electron chi connectivity index (χ4n) is 3.04. The quantitative estimate of drug-likeness (QED) is 0.239. The maximum absolute atomic E-state index is 9.42. The van der Waals surface area contributed by atoms with Crippen molar-refractivity contribution in [1.82, 2.24) is 14.8 Å². The second kappa shape index (κ2) is 10.0. The number of rotatable bonds is 9. The molecule has 8 nitrogen and oxygen atoms in total. The lowest BCUT2D eigenvalue weighted by molar-refractivity contribution is 0.319. The molecule has 0 radical (unpaired) electrons. The summed E-state index contributed by atoms with van der Waals surface area (Å²) in [7, 11) is 4.72. The van der Waals surface area contributed by atoms with E-state index in [1.807, 2.05) is 54.0 Å². The van der Waals surface area contributed by atoms with E-state index >= 15 is 0 Å². The van der Waals surface area contributed by atoms with Gasteiger partial charge in [-0.15, -0.1) is 10.2 Å². The van der Waals surface area contributed by atoms with Crippen molar-refractivity contribution in [3.05, 3.63) is 48.0 Å². The Morgan fingerprint density at radius 3 is 2.23 bits per heavy atom. The average Bonchev–Trinajstić information content (AvgIpc) is 3.22. The second-order valence-corrected chi connectivity index (χ2v) is 7.11. The number of nitrogens with zero attached hydrogens (tertiary/aromatic N) is 4. The Morgan fingerprint density at radius 2 is 1.70 bits per heavy atom. The molecule has 0 spiro atoms. The van der Waals surface area contributed by atoms with Crippen LogP contribution in [0.5, 0.6) is 17.2 Å². The lowest BCUT2D eigenvalue weighted by atomic mass is 10.1. The average molecular weight is 429 g/mol. The number of benzene rings is 2. The van der Waals surface area contributed by atoms with E-state index in [-0.39, 0.29) is 0 Å². The van der Waals surface area contributed by atoms with E-state index in [1.165, 1.54) is 11.8 Å². The van der Waals surface area contributed by atoms with Crippen molar-refractivity contribution in [2.75, 3.05) is 27.1 Å². The van der Waals surface area contributed by atoms with Gasteiger partial charge >= 0.3 is 0 Å². The summed E-state index contributed by atoms with van der Waals surface area (Å²) in [5, 5.41) is 22.3. The highest BCUT2D eigenvalue weighted by atomic mass is 32.2. The molecule has 0 saturated carbocycles. The first-order chi connectivity index (χ1) is 14.7. The van der Waals surface area contributed by atoms with Gasteiger partial charge < -0.3 is 24.0 Å². The van der Waals surface area contributed by atoms with E-state index in [1.54, 1.807) is 21.3 Å². The number of oxime groups is 1. The van der Waals surface area contributed by atoms with E-state index < -0.39 is 0 Å². The minimum Gasteiger partial charge on any atom is -0.493 e. The summed E-state index contributed by atoms with van der Waals surface area (Å²) in [4.78, 5) is 0. The van der Waals surface area contributed by atoms with E-state index in [0.717, 1.165) is 16.3 Å². The van der Waals surface area contributed by atoms with Gasteiger partial charge in [0.1, 0.15) is 0 Å². The van der Waals surface area contributed by atoms with Crippen LogP contribution in [-0.4, -0.2) is 52.8 Å². The van der Waals surface area contributed by atoms with Crippen molar-refractivity contribution in [2.45, 2.75) is 18.6 Å². The minimum atomic E-state index is 0.452. The van der Waals surface area contributed by atoms with E-state index in [0.29, 0.717) is 41.1 Å². The third-order valence-electron chi connectivity index (χ3n) is 4.52. The van der Waals surface area contributed by atoms with Gasteiger partial charge in [0, 0.05) is 23.4 Å². The van der Waals surface area contributed by atoms with E-state index in [9.17, 15) is 5.21 Å². The van der Waals surface area contributed by atoms with Crippen molar-refractivity contribution in [1.29, 1.82) is 0 Å². The summed E-state index contributed by atoms with van der Waals surface area (Å²) in [6.45, 7) is 2.69. The van der Waals surface area contributed by atoms with Crippen LogP contribution in [0.2, 0.25) is 0 Å². The Kier molecular flexibility index (Phi) is 7.18. The lowest BCUT2D eigenvalue weighted by Gasteiger charge is -2.14. The van der Waals surface area contributed by atoms with Crippen molar-refractivity contribution in [3.8, 4) is 28.6 Å². The summed E-state index contributed by atoms with van der Waals surface area (Å²) in [6, 6.07) is 13.2. The van der Waals surface area contributed by atoms with Gasteiger partial charge in [0.25, 0.3) is 0 Å². The molecule has 0 atom stereocenters. The highest BCUT2D eigenvalue weighted by molar-refractivity contribution is 7.99. The molecular formula is C21H24N4O4S. The standard InChI is InChI=1S/C21H24N4O4S/c1-5-25-20(15-11-17(27-2)19(29-4)18(12-15)28-3)22-23-21(25)30-13-16(24-26)14-9-7-6-8-10-14/h6-12,26H,5,13H2,1-4H3/b24-16-. The lowest BCUT2D eigenvalue weighted by Crippen LogP contribution is -2.06. The number of thioether (sulfide) groups is 1. The van der Waals surface area contributed by atoms with E-state index in [2.05, 4.69) is 15.4 Å². The molecular weight excluding hydrogens is 404 g/mol. The first kappa shape index (κ1) is 21.5. The van der Waals surface area contributed by atoms with Gasteiger partial charge in [0.15, 0.2) is 22.5 Å². The Labute approximate surface area is 179 Å². The smallest absolute Gasteiger partial charge is 0.203 e. The third kappa shape index (κ3) is 4.35. The van der Waals surface area contributed by atoms with Crippen LogP contribution in [0.3, 0.4) is 0 Å². The Morgan fingerprint density at radius 1 is 1.03 bits per heavy atom. The molecule has 0 aliphatic heterocycles. The minimum absolute atomic E-state index is 0.452. The first-order valence-corrected chi connectivity index (χ1v) is 10.3. The predicted molar refractivity (Wildman–Crippen MR) is 116 cm³/mol. The van der Waals surface area contributed by atoms with Crippen LogP contribution in [0.1, 0.15) is 12.5 Å². The summed E-state index contributed by atoms with van der Waals surface area (Å²) >= 11 is 1.45. The molecule has 3 aromatic rings. The second-order valence-electron chi connectivity index (χ2n) is 6.17. The summed E-state index contributed by atoms with van der Waals surface area (Å²) in [5.74, 6) is 2.75. The SMILES string of the molecule is CCn1c(SC/C(=N/O)c2ccccc2)nnc1-c1cc(OC)c(OC)c(OC)c1. The fraction of sp³-hybridized carbons (Fsp3) is 0.286. The van der Waals surface area contributed by atoms with Gasteiger partial charge in [-0.05, 0) is 19.1 Å². The zero-order chi connectivity index (χ0) is 21.5. The molecule has 0 bridgehead atoms. The number of methoxy groups -OCH3 is 3. The molecule has 1 N–H and O–H groups in total. The predicted octanol–water partition coefficient (Wildman–Crippen LogP) is 3.96. The maximum Gasteiger partial charge on any atom is 0.203 e. The highest BCUT2D eigenvalue weighted by Crippen LogP contribution is 2.41. The van der Waals surface area contributed by atoms with Crippen molar-refractivity contribution < 1.29 is 19.4 Å². The molecule has 0 fully saturated rings. The Balaban J connectivity index is 1.91.